The Morgan fingerprint density at radius 3 is 1.13 bits per heavy atom. The minimum Gasteiger partial charge on any atom is -0.508 e. The number of carbonyl (C=O) groups excluding carboxylic acids is 9. The SMILES string of the molecule is C[C@H](CCCN=C(N)N)C(=O)O.Cc1cc(O)cc(C)c1C[C@@H](N)C(=O)N[C@@H](CCCCNC(=O)OC(C)(C)C)C(=O)N[C@@H](Cc1ccccc1)C(N)=O.Cc1cc(O)cc(C)c1C[C@H](NC(=O)[C@H](C)CCCN=C(N)N)C(=O)N[C@@H](CCCCNC(=O)OC(C)(C)C)C(=O)N[C@@H](Cc1ccccc1)C(N)=O.Cl.O.[HH].[HH]. The van der Waals surface area contributed by atoms with Crippen LogP contribution in [0.5, 0.6) is 11.5 Å². The van der Waals surface area contributed by atoms with Crippen molar-refractivity contribution in [2.24, 2.45) is 62.0 Å². The smallest absolute Gasteiger partial charge is 0.407 e. The molecule has 4 rings (SSSR count). The van der Waals surface area contributed by atoms with E-state index in [2.05, 4.69) is 47.2 Å². The molecule has 0 spiro atoms. The van der Waals surface area contributed by atoms with E-state index in [-0.39, 0.29) is 101 Å². The van der Waals surface area contributed by atoms with E-state index >= 15 is 0 Å². The zero-order valence-electron chi connectivity index (χ0n) is 65.0. The molecule has 0 aliphatic heterocycles. The Labute approximate surface area is 648 Å². The number of hydrogen-bond donors (Lipinski definition) is 17. The maximum Gasteiger partial charge on any atom is 0.407 e. The molecule has 32 nitrogen and oxygen atoms in total. The fraction of sp³-hybridized carbons (Fsp3) is 0.526. The number of guanidine groups is 2. The number of halogens is 1. The van der Waals surface area contributed by atoms with Gasteiger partial charge in [0.25, 0.3) is 0 Å². The molecule has 0 unspecified atom stereocenters. The van der Waals surface area contributed by atoms with Crippen molar-refractivity contribution in [3.05, 3.63) is 129 Å². The Hall–Kier alpha value is -10.5. The molecular formula is C76H125ClN16O16. The number of nitrogens with zero attached hydrogens (tertiary/aromatic N) is 2. The Bertz CT molecular complexity index is 3570. The van der Waals surface area contributed by atoms with Gasteiger partial charge in [-0.1, -0.05) is 74.5 Å². The lowest BCUT2D eigenvalue weighted by Gasteiger charge is -2.26. The van der Waals surface area contributed by atoms with Crippen LogP contribution < -0.4 is 77.4 Å². The summed E-state index contributed by atoms with van der Waals surface area (Å²) in [5.41, 5.74) is 43.4. The highest BCUT2D eigenvalue weighted by Crippen LogP contribution is 2.25. The molecule has 9 amide bonds. The quantitative estimate of drug-likeness (QED) is 0.0169. The lowest BCUT2D eigenvalue weighted by Crippen LogP contribution is -2.57. The van der Waals surface area contributed by atoms with E-state index in [0.29, 0.717) is 71.0 Å². The number of phenolic OH excluding ortho intramolecular Hbond substituents is 2. The Morgan fingerprint density at radius 2 is 0.780 bits per heavy atom. The molecule has 4 aromatic carbocycles. The van der Waals surface area contributed by atoms with E-state index in [4.69, 9.17) is 54.7 Å². The highest BCUT2D eigenvalue weighted by atomic mass is 35.5. The summed E-state index contributed by atoms with van der Waals surface area (Å²) in [6.07, 6.45) is 3.99. The number of aliphatic imine (C=N–C) groups is 2. The lowest BCUT2D eigenvalue weighted by atomic mass is 9.94. The first-order valence-corrected chi connectivity index (χ1v) is 35.8. The highest BCUT2D eigenvalue weighted by Gasteiger charge is 2.33. The van der Waals surface area contributed by atoms with Crippen molar-refractivity contribution in [3.8, 4) is 11.5 Å². The van der Waals surface area contributed by atoms with Gasteiger partial charge in [0.15, 0.2) is 11.9 Å². The molecule has 33 heteroatoms. The van der Waals surface area contributed by atoms with Crippen LogP contribution in [0.4, 0.5) is 9.59 Å². The van der Waals surface area contributed by atoms with Gasteiger partial charge in [-0.3, -0.25) is 48.3 Å². The third-order valence-corrected chi connectivity index (χ3v) is 16.5. The van der Waals surface area contributed by atoms with Crippen molar-refractivity contribution in [2.45, 2.75) is 220 Å². The number of aliphatic carboxylic acids is 1. The predicted molar refractivity (Wildman–Crippen MR) is 426 cm³/mol. The number of primary amides is 2. The van der Waals surface area contributed by atoms with Crippen molar-refractivity contribution in [2.75, 3.05) is 26.2 Å². The number of nitrogens with two attached hydrogens (primary N) is 7. The molecular weight excluding hydrogens is 1430 g/mol. The maximum atomic E-state index is 14.1. The Morgan fingerprint density at radius 1 is 0.450 bits per heavy atom. The van der Waals surface area contributed by atoms with E-state index < -0.39 is 107 Å². The molecule has 4 aromatic rings. The van der Waals surface area contributed by atoms with Crippen molar-refractivity contribution in [1.29, 1.82) is 0 Å². The summed E-state index contributed by atoms with van der Waals surface area (Å²) >= 11 is 0. The average Bonchev–Trinajstić information content (AvgIpc) is 0.836. The number of amides is 9. The highest BCUT2D eigenvalue weighted by molar-refractivity contribution is 5.95. The van der Waals surface area contributed by atoms with Gasteiger partial charge in [0.05, 0.1) is 12.0 Å². The van der Waals surface area contributed by atoms with Crippen molar-refractivity contribution < 1.29 is 81.1 Å². The molecule has 612 valence electrons. The van der Waals surface area contributed by atoms with Crippen LogP contribution in [0.2, 0.25) is 0 Å². The number of nitrogens with one attached hydrogen (secondary N) is 7. The van der Waals surface area contributed by atoms with Crippen LogP contribution in [0.15, 0.2) is 94.9 Å². The van der Waals surface area contributed by atoms with Gasteiger partial charge in [-0.05, 0) is 209 Å². The van der Waals surface area contributed by atoms with E-state index in [1.165, 1.54) is 0 Å². The van der Waals surface area contributed by atoms with Crippen molar-refractivity contribution in [3.63, 3.8) is 0 Å². The number of phenols is 2. The second kappa shape index (κ2) is 50.2. The number of rotatable bonds is 39. The molecule has 0 radical (unpaired) electrons. The number of unbranched alkanes of at least 4 members (excludes halogenated alkanes) is 2. The Kier molecular flexibility index (Phi) is 45.4. The van der Waals surface area contributed by atoms with Crippen LogP contribution in [0, 0.1) is 39.5 Å². The molecule has 0 aliphatic carbocycles. The van der Waals surface area contributed by atoms with E-state index in [0.717, 1.165) is 44.5 Å². The molecule has 0 bridgehead atoms. The summed E-state index contributed by atoms with van der Waals surface area (Å²) < 4.78 is 10.5. The van der Waals surface area contributed by atoms with Gasteiger partial charge >= 0.3 is 18.2 Å². The molecule has 0 saturated heterocycles. The number of alkyl carbamates (subject to hydrolysis) is 2. The minimum absolute atomic E-state index is 0. The third kappa shape index (κ3) is 42.0. The van der Waals surface area contributed by atoms with Crippen LogP contribution in [0.1, 0.15) is 167 Å². The number of carboxylic acid groups (broad SMARTS) is 1. The first-order chi connectivity index (χ1) is 50.0. The first kappa shape index (κ1) is 98.5. The van der Waals surface area contributed by atoms with Gasteiger partial charge in [0.2, 0.25) is 41.4 Å². The number of carbonyl (C=O) groups is 10. The number of carboxylic acids is 1. The standard InChI is InChI=1S/C38H58N8O7.C31H45N5O6.C7H15N3O2.ClH.H2O.2H2/c1-23(13-12-18-42-36(40)41)33(49)46-31(22-28-24(2)19-27(47)20-25(28)3)35(51)44-29(16-10-11-17-43-37(52)53-38(4,5)6)34(50)45-30(32(39)48)21-26-14-8-7-9-15-26;1-19-15-22(37)16-20(2)23(19)18-24(32)28(39)35-25(13-9-10-14-34-30(41)42-31(3,4)5)29(40)36-26(27(33)38)17-21-11-7-6-8-12-21;1-5(6(11)12)3-2-4-10-7(8)9;;;;/h7-9,14-15,19-20,23,29-31,47H,10-13,16-18,21-22H2,1-6H3,(H2,39,48)(H,43,52)(H,44,51)(H,45,50)(H,46,49)(H4,40,41,42);6-8,11-12,15-16,24-26,37H,9-10,13-14,17-18,32H2,1-5H3,(H2,33,38)(H,34,41)(H,35,39)(H,36,40);5H,2-4H2,1H3,(H,11,12)(H4,8,9,10);1H;1H2;2*1H/t23-,29+,30+,31+;24-,25+,26+;5-;;;;/m111..../s1. The topological polar surface area (TPSA) is 572 Å². The number of hydrogen-bond acceptors (Lipinski definition) is 17. The van der Waals surface area contributed by atoms with Gasteiger partial charge in [0, 0.05) is 54.2 Å². The fourth-order valence-electron chi connectivity index (χ4n) is 10.8. The van der Waals surface area contributed by atoms with Crippen LogP contribution in [-0.2, 0) is 73.5 Å². The number of benzene rings is 4. The average molecular weight is 1550 g/mol. The minimum atomic E-state index is -1.12. The van der Waals surface area contributed by atoms with Crippen LogP contribution in [0.25, 0.3) is 0 Å². The summed E-state index contributed by atoms with van der Waals surface area (Å²) in [5.74, 6) is -5.56. The molecule has 0 saturated carbocycles. The number of aryl methyl sites for hydroxylation is 4. The van der Waals surface area contributed by atoms with Crippen LogP contribution in [-0.4, -0.2) is 166 Å². The normalized spacial score (nSPS) is 13.0. The number of aromatic hydroxyl groups is 2. The monoisotopic (exact) mass is 1550 g/mol. The van der Waals surface area contributed by atoms with Gasteiger partial charge in [-0.2, -0.15) is 0 Å². The molecule has 0 fully saturated rings. The van der Waals surface area contributed by atoms with Gasteiger partial charge in [0.1, 0.15) is 52.9 Å². The second-order valence-corrected chi connectivity index (χ2v) is 28.5. The summed E-state index contributed by atoms with van der Waals surface area (Å²) in [7, 11) is 0. The molecule has 0 aliphatic rings. The van der Waals surface area contributed by atoms with E-state index in [1.54, 1.807) is 106 Å². The molecule has 26 N–H and O–H groups in total. The zero-order valence-corrected chi connectivity index (χ0v) is 65.8. The third-order valence-electron chi connectivity index (χ3n) is 16.5. The van der Waals surface area contributed by atoms with Crippen LogP contribution in [0.3, 0.4) is 0 Å². The van der Waals surface area contributed by atoms with Crippen molar-refractivity contribution in [1.82, 2.24) is 37.2 Å². The Balaban J connectivity index is -0.00000180. The summed E-state index contributed by atoms with van der Waals surface area (Å²) in [4.78, 5) is 134. The largest absolute Gasteiger partial charge is 0.508 e. The first-order valence-electron chi connectivity index (χ1n) is 35.8. The fourth-order valence-corrected chi connectivity index (χ4v) is 10.8. The second-order valence-electron chi connectivity index (χ2n) is 28.5. The van der Waals surface area contributed by atoms with Crippen LogP contribution >= 0.6 is 12.4 Å². The van der Waals surface area contributed by atoms with E-state index in [1.807, 2.05) is 62.4 Å². The van der Waals surface area contributed by atoms with Gasteiger partial charge in [-0.25, -0.2) is 9.59 Å². The lowest BCUT2D eigenvalue weighted by molar-refractivity contribution is -0.141. The number of ether oxygens (including phenoxy) is 2. The molecule has 109 heavy (non-hydrogen) atoms. The zero-order chi connectivity index (χ0) is 80.7. The van der Waals surface area contributed by atoms with Gasteiger partial charge < -0.3 is 108 Å². The molecule has 8 atom stereocenters. The summed E-state index contributed by atoms with van der Waals surface area (Å²) in [5, 5.41) is 47.6. The molecule has 0 aromatic heterocycles. The van der Waals surface area contributed by atoms with Crippen molar-refractivity contribution >= 4 is 83.8 Å². The predicted octanol–water partition coefficient (Wildman–Crippen LogP) is 4.24. The molecule has 0 heterocycles. The maximum absolute atomic E-state index is 14.1. The van der Waals surface area contributed by atoms with E-state index in [9.17, 15) is 58.2 Å². The van der Waals surface area contributed by atoms with Gasteiger partial charge in [-0.15, -0.1) is 12.4 Å². The summed E-state index contributed by atoms with van der Waals surface area (Å²) in [6.45, 7) is 22.6. The summed E-state index contributed by atoms with van der Waals surface area (Å²) in [6, 6.07) is 18.3.